The molecule has 0 spiro atoms. The van der Waals surface area contributed by atoms with E-state index in [1.807, 2.05) is 80.0 Å². The van der Waals surface area contributed by atoms with Gasteiger partial charge in [0.25, 0.3) is 11.8 Å². The van der Waals surface area contributed by atoms with Crippen molar-refractivity contribution in [1.29, 1.82) is 0 Å². The number of amides is 4. The first kappa shape index (κ1) is 42.3. The molecule has 6 aromatic rings. The Morgan fingerprint density at radius 2 is 1.55 bits per heavy atom. The fourth-order valence-electron chi connectivity index (χ4n) is 8.41. The van der Waals surface area contributed by atoms with Crippen LogP contribution in [0.3, 0.4) is 0 Å². The van der Waals surface area contributed by atoms with Crippen LogP contribution in [0.2, 0.25) is 5.02 Å². The number of ether oxygens (including phenoxy) is 1. The SMILES string of the molecule is COc1cc(N2CCN(c3ccc4c(c3)C(=O)N(C3CCC(=O)NC3=O)C4=O)CC2)c(-c2cnn(C)c2)cc1Nc1ncc(Cl)c(Nc2ccc(-c3ccccc3)cc2P(C)(C)=O)n1. The molecule has 3 N–H and O–H groups in total. The van der Waals surface area contributed by atoms with Gasteiger partial charge in [-0.25, -0.2) is 4.98 Å². The molecule has 1 unspecified atom stereocenters. The molecule has 1 atom stereocenters. The van der Waals surface area contributed by atoms with E-state index < -0.39 is 36.8 Å². The van der Waals surface area contributed by atoms with Gasteiger partial charge in [0.15, 0.2) is 5.82 Å². The zero-order valence-corrected chi connectivity index (χ0v) is 37.1. The van der Waals surface area contributed by atoms with Gasteiger partial charge in [-0.2, -0.15) is 10.1 Å². The fraction of sp³-hybridized carbons (Fsp3) is 0.239. The van der Waals surface area contributed by atoms with Crippen molar-refractivity contribution < 1.29 is 28.5 Å². The number of nitrogens with one attached hydrogen (secondary N) is 3. The lowest BCUT2D eigenvalue weighted by Crippen LogP contribution is -2.54. The molecule has 3 aliphatic rings. The van der Waals surface area contributed by atoms with E-state index in [1.54, 1.807) is 43.5 Å². The molecule has 0 aliphatic carbocycles. The predicted octanol–water partition coefficient (Wildman–Crippen LogP) is 6.67. The van der Waals surface area contributed by atoms with E-state index >= 15 is 0 Å². The van der Waals surface area contributed by atoms with E-state index in [2.05, 4.69) is 35.8 Å². The Balaban J connectivity index is 0.956. The summed E-state index contributed by atoms with van der Waals surface area (Å²) < 4.78 is 21.3. The molecule has 326 valence electrons. The van der Waals surface area contributed by atoms with Gasteiger partial charge in [0.05, 0.1) is 42.0 Å². The van der Waals surface area contributed by atoms with Crippen LogP contribution in [-0.2, 0) is 21.2 Å². The van der Waals surface area contributed by atoms with Crippen LogP contribution in [0.1, 0.15) is 33.6 Å². The van der Waals surface area contributed by atoms with Crippen LogP contribution in [0.5, 0.6) is 5.75 Å². The summed E-state index contributed by atoms with van der Waals surface area (Å²) in [6.45, 7) is 5.89. The molecule has 18 heteroatoms. The van der Waals surface area contributed by atoms with Gasteiger partial charge >= 0.3 is 0 Å². The zero-order valence-electron chi connectivity index (χ0n) is 35.5. The molecule has 4 aromatic carbocycles. The molecular formula is C46H44ClN10O6P. The summed E-state index contributed by atoms with van der Waals surface area (Å²) in [5.41, 5.74) is 7.12. The molecule has 4 amide bonds. The van der Waals surface area contributed by atoms with Crippen LogP contribution < -0.4 is 35.8 Å². The number of methoxy groups -OCH3 is 1. The second-order valence-electron chi connectivity index (χ2n) is 16.2. The molecule has 0 radical (unpaired) electrons. The number of anilines is 6. The number of aryl methyl sites for hydroxylation is 1. The first-order valence-corrected chi connectivity index (χ1v) is 23.6. The number of piperazine rings is 1. The first-order valence-electron chi connectivity index (χ1n) is 20.6. The number of fused-ring (bicyclic) bond motifs is 1. The summed E-state index contributed by atoms with van der Waals surface area (Å²) in [6, 6.07) is 23.8. The Morgan fingerprint density at radius 3 is 2.25 bits per heavy atom. The van der Waals surface area contributed by atoms with Gasteiger partial charge in [-0.3, -0.25) is 34.1 Å². The summed E-state index contributed by atoms with van der Waals surface area (Å²) in [5, 5.41) is 14.3. The van der Waals surface area contributed by atoms with Crippen LogP contribution in [0.4, 0.5) is 34.5 Å². The third kappa shape index (κ3) is 8.17. The highest BCUT2D eigenvalue weighted by Gasteiger charge is 2.45. The quantitative estimate of drug-likeness (QED) is 0.0927. The molecule has 2 aromatic heterocycles. The van der Waals surface area contributed by atoms with Gasteiger partial charge in [0.1, 0.15) is 24.0 Å². The second kappa shape index (κ2) is 16.9. The zero-order chi connectivity index (χ0) is 44.9. The molecule has 3 aliphatic heterocycles. The van der Waals surface area contributed by atoms with Crippen LogP contribution in [0.15, 0.2) is 97.5 Å². The van der Waals surface area contributed by atoms with Gasteiger partial charge in [0.2, 0.25) is 17.8 Å². The average Bonchev–Trinajstić information content (AvgIpc) is 3.83. The van der Waals surface area contributed by atoms with Crippen molar-refractivity contribution in [2.75, 3.05) is 67.1 Å². The van der Waals surface area contributed by atoms with Crippen molar-refractivity contribution in [3.8, 4) is 28.0 Å². The van der Waals surface area contributed by atoms with E-state index in [4.69, 9.17) is 21.3 Å². The van der Waals surface area contributed by atoms with Crippen LogP contribution in [0.25, 0.3) is 22.3 Å². The number of halogens is 1. The molecule has 0 saturated carbocycles. The second-order valence-corrected chi connectivity index (χ2v) is 19.8. The standard InChI is InChI=1S/C46H44ClN10O6P/c1-54-26-29(24-49-54)32-22-36(51-46-48-25-34(47)42(53-46)50-35-13-10-28(20-40(35)64(3,4)62)27-8-6-5-7-9-27)39(63-2)23-38(32)56-18-16-55(17-19-56)30-11-12-31-33(21-30)45(61)57(44(31)60)37-14-15-41(58)52-43(37)59/h5-13,20-26,37H,14-19H2,1-4H3,(H,52,58,59)(H2,48,50,51,53). The number of nitrogens with zero attached hydrogens (tertiary/aromatic N) is 7. The average molecular weight is 899 g/mol. The molecular weight excluding hydrogens is 855 g/mol. The lowest BCUT2D eigenvalue weighted by Gasteiger charge is -2.38. The van der Waals surface area contributed by atoms with Gasteiger partial charge in [-0.1, -0.05) is 48.0 Å². The van der Waals surface area contributed by atoms with Crippen molar-refractivity contribution in [1.82, 2.24) is 30.0 Å². The smallest absolute Gasteiger partial charge is 0.262 e. The number of hydrogen-bond donors (Lipinski definition) is 3. The largest absolute Gasteiger partial charge is 0.494 e. The maximum Gasteiger partial charge on any atom is 0.262 e. The topological polar surface area (TPSA) is 184 Å². The Labute approximate surface area is 374 Å². The highest BCUT2D eigenvalue weighted by molar-refractivity contribution is 7.70. The fourth-order valence-corrected chi connectivity index (χ4v) is 9.70. The van der Waals surface area contributed by atoms with Crippen LogP contribution in [-0.4, -0.2) is 101 Å². The summed E-state index contributed by atoms with van der Waals surface area (Å²) >= 11 is 6.67. The minimum Gasteiger partial charge on any atom is -0.494 e. The Hall–Kier alpha value is -7.03. The van der Waals surface area contributed by atoms with Crippen LogP contribution >= 0.6 is 18.7 Å². The monoisotopic (exact) mass is 898 g/mol. The molecule has 5 heterocycles. The van der Waals surface area contributed by atoms with E-state index in [9.17, 15) is 23.7 Å². The summed E-state index contributed by atoms with van der Waals surface area (Å²) in [5.74, 6) is -1.03. The minimum absolute atomic E-state index is 0.0554. The summed E-state index contributed by atoms with van der Waals surface area (Å²) in [4.78, 5) is 65.8. The van der Waals surface area contributed by atoms with Gasteiger partial charge in [-0.15, -0.1) is 0 Å². The lowest BCUT2D eigenvalue weighted by atomic mass is 10.0. The molecule has 2 saturated heterocycles. The van der Waals surface area contributed by atoms with Crippen molar-refractivity contribution in [2.45, 2.75) is 18.9 Å². The summed E-state index contributed by atoms with van der Waals surface area (Å²) in [7, 11) is 0.694. The number of benzene rings is 4. The van der Waals surface area contributed by atoms with Crippen molar-refractivity contribution in [3.05, 3.63) is 114 Å². The Kier molecular flexibility index (Phi) is 11.2. The minimum atomic E-state index is -2.76. The van der Waals surface area contributed by atoms with E-state index in [-0.39, 0.29) is 34.9 Å². The lowest BCUT2D eigenvalue weighted by molar-refractivity contribution is -0.136. The maximum absolute atomic E-state index is 13.6. The third-order valence-electron chi connectivity index (χ3n) is 11.7. The molecule has 16 nitrogen and oxygen atoms in total. The van der Waals surface area contributed by atoms with Crippen LogP contribution in [0, 0.1) is 0 Å². The van der Waals surface area contributed by atoms with Crippen molar-refractivity contribution in [2.24, 2.45) is 7.05 Å². The predicted molar refractivity (Wildman–Crippen MR) is 247 cm³/mol. The number of carbonyl (C=O) groups excluding carboxylic acids is 4. The van der Waals surface area contributed by atoms with Crippen molar-refractivity contribution >= 4 is 82.2 Å². The maximum atomic E-state index is 13.6. The van der Waals surface area contributed by atoms with E-state index in [0.717, 1.165) is 38.5 Å². The molecule has 9 rings (SSSR count). The number of aromatic nitrogens is 4. The third-order valence-corrected chi connectivity index (χ3v) is 13.5. The summed E-state index contributed by atoms with van der Waals surface area (Å²) in [6.07, 6.45) is 5.39. The van der Waals surface area contributed by atoms with Gasteiger partial charge in [0, 0.05) is 79.7 Å². The van der Waals surface area contributed by atoms with E-state index in [1.165, 1.54) is 6.20 Å². The molecule has 2 fully saturated rings. The molecule has 0 bridgehead atoms. The van der Waals surface area contributed by atoms with E-state index in [0.29, 0.717) is 54.4 Å². The number of piperidine rings is 1. The van der Waals surface area contributed by atoms with Crippen molar-refractivity contribution in [3.63, 3.8) is 0 Å². The Bertz CT molecular complexity index is 2910. The van der Waals surface area contributed by atoms with Gasteiger partial charge in [-0.05, 0) is 67.3 Å². The molecule has 64 heavy (non-hydrogen) atoms. The number of hydrogen-bond acceptors (Lipinski definition) is 13. The highest BCUT2D eigenvalue weighted by Crippen LogP contribution is 2.43. The number of carbonyl (C=O) groups is 4. The first-order chi connectivity index (χ1) is 30.7. The number of imide groups is 2. The Morgan fingerprint density at radius 1 is 0.797 bits per heavy atom. The normalized spacial score (nSPS) is 16.5. The van der Waals surface area contributed by atoms with Gasteiger partial charge < -0.3 is 29.7 Å². The number of rotatable bonds is 11. The highest BCUT2D eigenvalue weighted by atomic mass is 35.5.